The Bertz CT molecular complexity index is 478. The summed E-state index contributed by atoms with van der Waals surface area (Å²) in [6.45, 7) is 3.08. The van der Waals surface area contributed by atoms with E-state index < -0.39 is 0 Å². The summed E-state index contributed by atoms with van der Waals surface area (Å²) in [5.41, 5.74) is 1.11. The van der Waals surface area contributed by atoms with Crippen LogP contribution in [0.1, 0.15) is 23.5 Å². The Morgan fingerprint density at radius 3 is 2.82 bits per heavy atom. The first-order valence-electron chi connectivity index (χ1n) is 5.66. The van der Waals surface area contributed by atoms with Crippen molar-refractivity contribution >= 4 is 27.3 Å². The first-order valence-corrected chi connectivity index (χ1v) is 7.27. The van der Waals surface area contributed by atoms with E-state index in [0.717, 1.165) is 18.7 Å². The molecule has 92 valence electrons. The Balaban J connectivity index is 2.12. The predicted octanol–water partition coefficient (Wildman–Crippen LogP) is 3.14. The predicted molar refractivity (Wildman–Crippen MR) is 75.3 cm³/mol. The molecule has 0 saturated heterocycles. The fraction of sp³-hybridized carbons (Fsp3) is 0.417. The summed E-state index contributed by atoms with van der Waals surface area (Å²) in [5.74, 6) is 0. The molecule has 0 aliphatic rings. The van der Waals surface area contributed by atoms with E-state index in [9.17, 15) is 0 Å². The fourth-order valence-corrected chi connectivity index (χ4v) is 3.34. The van der Waals surface area contributed by atoms with Gasteiger partial charge in [-0.3, -0.25) is 4.68 Å². The molecule has 0 spiro atoms. The number of hydrogen-bond donors (Lipinski definition) is 1. The highest BCUT2D eigenvalue weighted by atomic mass is 79.9. The standard InChI is InChI=1S/C12H16BrN3S/c1-3-14-11(10-6-7-16(2)15-10)8-9-4-5-12(13)17-9/h4-7,11,14H,3,8H2,1-2H3. The molecule has 2 aromatic heterocycles. The molecule has 0 radical (unpaired) electrons. The highest BCUT2D eigenvalue weighted by molar-refractivity contribution is 9.11. The largest absolute Gasteiger partial charge is 0.309 e. The van der Waals surface area contributed by atoms with Crippen LogP contribution in [-0.2, 0) is 13.5 Å². The average molecular weight is 314 g/mol. The second kappa shape index (κ2) is 5.80. The van der Waals surface area contributed by atoms with E-state index in [-0.39, 0.29) is 0 Å². The number of aryl methyl sites for hydroxylation is 1. The highest BCUT2D eigenvalue weighted by Gasteiger charge is 2.14. The van der Waals surface area contributed by atoms with E-state index in [4.69, 9.17) is 0 Å². The zero-order valence-electron chi connectivity index (χ0n) is 9.98. The molecule has 2 aromatic rings. The molecule has 0 bridgehead atoms. The van der Waals surface area contributed by atoms with Crippen LogP contribution in [0, 0.1) is 0 Å². The first-order chi connectivity index (χ1) is 8.19. The highest BCUT2D eigenvalue weighted by Crippen LogP contribution is 2.26. The third-order valence-corrected chi connectivity index (χ3v) is 4.22. The summed E-state index contributed by atoms with van der Waals surface area (Å²) in [6, 6.07) is 6.64. The molecular formula is C12H16BrN3S. The maximum Gasteiger partial charge on any atom is 0.0797 e. The van der Waals surface area contributed by atoms with Gasteiger partial charge in [0.15, 0.2) is 0 Å². The quantitative estimate of drug-likeness (QED) is 0.919. The minimum atomic E-state index is 0.298. The van der Waals surface area contributed by atoms with E-state index in [1.54, 1.807) is 11.3 Å². The van der Waals surface area contributed by atoms with Gasteiger partial charge in [-0.15, -0.1) is 11.3 Å². The number of likely N-dealkylation sites (N-methyl/N-ethyl adjacent to an activating group) is 1. The Labute approximate surface area is 114 Å². The van der Waals surface area contributed by atoms with Crippen molar-refractivity contribution in [1.82, 2.24) is 15.1 Å². The smallest absolute Gasteiger partial charge is 0.0797 e. The van der Waals surface area contributed by atoms with Crippen LogP contribution in [0.15, 0.2) is 28.2 Å². The van der Waals surface area contributed by atoms with Crippen molar-refractivity contribution in [2.75, 3.05) is 6.54 Å². The molecule has 0 fully saturated rings. The van der Waals surface area contributed by atoms with Gasteiger partial charge in [0.25, 0.3) is 0 Å². The van der Waals surface area contributed by atoms with Crippen LogP contribution in [0.2, 0.25) is 0 Å². The van der Waals surface area contributed by atoms with Gasteiger partial charge < -0.3 is 5.32 Å². The average Bonchev–Trinajstić information content (AvgIpc) is 2.87. The monoisotopic (exact) mass is 313 g/mol. The van der Waals surface area contributed by atoms with Crippen LogP contribution in [0.5, 0.6) is 0 Å². The van der Waals surface area contributed by atoms with Crippen molar-refractivity contribution in [1.29, 1.82) is 0 Å². The topological polar surface area (TPSA) is 29.9 Å². The van der Waals surface area contributed by atoms with E-state index in [0.29, 0.717) is 6.04 Å². The van der Waals surface area contributed by atoms with Gasteiger partial charge in [0.2, 0.25) is 0 Å². The van der Waals surface area contributed by atoms with Gasteiger partial charge in [0.05, 0.1) is 15.5 Å². The van der Waals surface area contributed by atoms with Crippen LogP contribution in [0.4, 0.5) is 0 Å². The number of aromatic nitrogens is 2. The zero-order valence-corrected chi connectivity index (χ0v) is 12.4. The lowest BCUT2D eigenvalue weighted by atomic mass is 10.1. The lowest BCUT2D eigenvalue weighted by Crippen LogP contribution is -2.23. The molecule has 0 aliphatic carbocycles. The molecule has 0 aromatic carbocycles. The van der Waals surface area contributed by atoms with Gasteiger partial charge in [-0.05, 0) is 40.7 Å². The summed E-state index contributed by atoms with van der Waals surface area (Å²) >= 11 is 5.29. The summed E-state index contributed by atoms with van der Waals surface area (Å²) < 4.78 is 3.04. The Morgan fingerprint density at radius 2 is 2.29 bits per heavy atom. The number of hydrogen-bond acceptors (Lipinski definition) is 3. The normalized spacial score (nSPS) is 12.9. The SMILES string of the molecule is CCNC(Cc1ccc(Br)s1)c1ccn(C)n1. The van der Waals surface area contributed by atoms with Gasteiger partial charge in [0.1, 0.15) is 0 Å². The molecule has 3 nitrogen and oxygen atoms in total. The van der Waals surface area contributed by atoms with Gasteiger partial charge in [-0.1, -0.05) is 6.92 Å². The van der Waals surface area contributed by atoms with Crippen molar-refractivity contribution in [3.8, 4) is 0 Å². The van der Waals surface area contributed by atoms with Crippen LogP contribution in [0.3, 0.4) is 0 Å². The molecule has 1 unspecified atom stereocenters. The third-order valence-electron chi connectivity index (χ3n) is 2.58. The van der Waals surface area contributed by atoms with Gasteiger partial charge >= 0.3 is 0 Å². The molecule has 0 saturated carbocycles. The second-order valence-electron chi connectivity index (χ2n) is 3.93. The van der Waals surface area contributed by atoms with Crippen molar-refractivity contribution < 1.29 is 0 Å². The lowest BCUT2D eigenvalue weighted by Gasteiger charge is -2.14. The number of nitrogens with zero attached hydrogens (tertiary/aromatic N) is 2. The van der Waals surface area contributed by atoms with E-state index in [1.807, 2.05) is 17.9 Å². The first kappa shape index (κ1) is 12.8. The number of thiophene rings is 1. The molecule has 0 aliphatic heterocycles. The second-order valence-corrected chi connectivity index (χ2v) is 6.48. The number of halogens is 1. The van der Waals surface area contributed by atoms with Crippen LogP contribution in [-0.4, -0.2) is 16.3 Å². The number of nitrogens with one attached hydrogen (secondary N) is 1. The maximum absolute atomic E-state index is 4.48. The van der Waals surface area contributed by atoms with Crippen molar-refractivity contribution in [3.63, 3.8) is 0 Å². The van der Waals surface area contributed by atoms with E-state index >= 15 is 0 Å². The van der Waals surface area contributed by atoms with Gasteiger partial charge in [0, 0.05) is 24.5 Å². The molecule has 1 atom stereocenters. The summed E-state index contributed by atoms with van der Waals surface area (Å²) in [4.78, 5) is 1.37. The van der Waals surface area contributed by atoms with Crippen molar-refractivity contribution in [3.05, 3.63) is 38.8 Å². The van der Waals surface area contributed by atoms with E-state index in [1.165, 1.54) is 8.66 Å². The summed E-state index contributed by atoms with van der Waals surface area (Å²) in [5, 5.41) is 7.97. The molecule has 5 heteroatoms. The third kappa shape index (κ3) is 3.40. The van der Waals surface area contributed by atoms with Crippen LogP contribution in [0.25, 0.3) is 0 Å². The van der Waals surface area contributed by atoms with Crippen molar-refractivity contribution in [2.45, 2.75) is 19.4 Å². The van der Waals surface area contributed by atoms with Crippen LogP contribution >= 0.6 is 27.3 Å². The zero-order chi connectivity index (χ0) is 12.3. The lowest BCUT2D eigenvalue weighted by molar-refractivity contribution is 0.531. The summed E-state index contributed by atoms with van der Waals surface area (Å²) in [6.07, 6.45) is 2.98. The minimum absolute atomic E-state index is 0.298. The minimum Gasteiger partial charge on any atom is -0.309 e. The summed E-state index contributed by atoms with van der Waals surface area (Å²) in [7, 11) is 1.95. The van der Waals surface area contributed by atoms with Crippen molar-refractivity contribution in [2.24, 2.45) is 7.05 Å². The Hall–Kier alpha value is -0.650. The molecule has 2 rings (SSSR count). The molecule has 17 heavy (non-hydrogen) atoms. The molecule has 0 amide bonds. The molecular weight excluding hydrogens is 298 g/mol. The fourth-order valence-electron chi connectivity index (χ4n) is 1.81. The van der Waals surface area contributed by atoms with Crippen LogP contribution < -0.4 is 5.32 Å². The molecule has 1 N–H and O–H groups in total. The molecule has 2 heterocycles. The number of rotatable bonds is 5. The Kier molecular flexibility index (Phi) is 4.36. The van der Waals surface area contributed by atoms with Gasteiger partial charge in [-0.2, -0.15) is 5.10 Å². The van der Waals surface area contributed by atoms with E-state index in [2.05, 4.69) is 51.5 Å². The maximum atomic E-state index is 4.48. The van der Waals surface area contributed by atoms with Gasteiger partial charge in [-0.25, -0.2) is 0 Å². The Morgan fingerprint density at radius 1 is 1.47 bits per heavy atom.